The minimum Gasteiger partial charge on any atom is -0.356 e. The van der Waals surface area contributed by atoms with Crippen LogP contribution in [0.25, 0.3) is 0 Å². The van der Waals surface area contributed by atoms with Crippen LogP contribution in [0.4, 0.5) is 5.69 Å². The maximum Gasteiger partial charge on any atom is 0.229 e. The molecule has 1 amide bonds. The summed E-state index contributed by atoms with van der Waals surface area (Å²) in [6.45, 7) is 0.464. The van der Waals surface area contributed by atoms with Crippen molar-refractivity contribution in [2.24, 2.45) is 0 Å². The van der Waals surface area contributed by atoms with E-state index in [0.29, 0.717) is 18.7 Å². The molecule has 0 unspecified atom stereocenters. The minimum absolute atomic E-state index is 0.0231. The molecule has 0 aromatic heterocycles. The van der Waals surface area contributed by atoms with E-state index < -0.39 is 19.9 Å². The molecule has 0 radical (unpaired) electrons. The number of carbonyl (C=O) groups excluding carboxylic acids is 1. The average molecular weight is 362 g/mol. The zero-order valence-corrected chi connectivity index (χ0v) is 14.8. The van der Waals surface area contributed by atoms with Crippen LogP contribution in [0, 0.1) is 0 Å². The number of nitrogens with one attached hydrogen (secondary N) is 2. The average Bonchev–Trinajstić information content (AvgIpc) is 2.41. The van der Waals surface area contributed by atoms with Crippen LogP contribution < -0.4 is 10.0 Å². The summed E-state index contributed by atoms with van der Waals surface area (Å²) in [4.78, 5) is 11.4. The second kappa shape index (κ2) is 8.30. The first-order valence-electron chi connectivity index (χ1n) is 7.06. The Morgan fingerprint density at radius 3 is 2.17 bits per heavy atom. The standard InChI is InChI=1S/C14H22N2O5S2/c1-22(18,19)11-9-14(17)15-10-3-4-12-5-7-13(8-6-12)16-23(2,20)21/h5-8,16H,3-4,9-11H2,1-2H3,(H,15,17). The normalized spacial score (nSPS) is 11.9. The lowest BCUT2D eigenvalue weighted by atomic mass is 10.1. The molecule has 1 aromatic rings. The van der Waals surface area contributed by atoms with Gasteiger partial charge in [-0.1, -0.05) is 12.1 Å². The molecule has 1 aromatic carbocycles. The van der Waals surface area contributed by atoms with E-state index in [1.165, 1.54) is 0 Å². The quantitative estimate of drug-likeness (QED) is 0.623. The summed E-state index contributed by atoms with van der Waals surface area (Å²) in [5, 5.41) is 2.67. The van der Waals surface area contributed by atoms with Gasteiger partial charge in [0.1, 0.15) is 9.84 Å². The number of rotatable bonds is 9. The van der Waals surface area contributed by atoms with Crippen molar-refractivity contribution in [1.82, 2.24) is 5.32 Å². The van der Waals surface area contributed by atoms with Crippen molar-refractivity contribution in [3.05, 3.63) is 29.8 Å². The molecule has 0 saturated heterocycles. The first kappa shape index (κ1) is 19.4. The molecule has 2 N–H and O–H groups in total. The highest BCUT2D eigenvalue weighted by Gasteiger charge is 2.07. The number of carbonyl (C=O) groups is 1. The smallest absolute Gasteiger partial charge is 0.229 e. The SMILES string of the molecule is CS(=O)(=O)CCC(=O)NCCCc1ccc(NS(C)(=O)=O)cc1. The van der Waals surface area contributed by atoms with Gasteiger partial charge in [-0.25, -0.2) is 16.8 Å². The van der Waals surface area contributed by atoms with Crippen molar-refractivity contribution in [1.29, 1.82) is 0 Å². The molecule has 0 bridgehead atoms. The van der Waals surface area contributed by atoms with Crippen molar-refractivity contribution in [3.63, 3.8) is 0 Å². The van der Waals surface area contributed by atoms with Gasteiger partial charge in [0.25, 0.3) is 0 Å². The molecular formula is C14H22N2O5S2. The molecule has 0 saturated carbocycles. The van der Waals surface area contributed by atoms with E-state index in [1.54, 1.807) is 12.1 Å². The Kier molecular flexibility index (Phi) is 7.01. The number of hydrogen-bond acceptors (Lipinski definition) is 5. The molecule has 0 aliphatic carbocycles. The third-order valence-electron chi connectivity index (χ3n) is 2.92. The molecule has 7 nitrogen and oxygen atoms in total. The van der Waals surface area contributed by atoms with E-state index in [-0.39, 0.29) is 18.1 Å². The molecule has 0 heterocycles. The molecule has 0 atom stereocenters. The summed E-state index contributed by atoms with van der Waals surface area (Å²) >= 11 is 0. The molecule has 0 fully saturated rings. The second-order valence-corrected chi connectivity index (χ2v) is 9.41. The number of benzene rings is 1. The highest BCUT2D eigenvalue weighted by atomic mass is 32.2. The molecule has 0 aliphatic heterocycles. The maximum absolute atomic E-state index is 11.4. The molecule has 9 heteroatoms. The van der Waals surface area contributed by atoms with Crippen molar-refractivity contribution in [3.8, 4) is 0 Å². The number of hydrogen-bond donors (Lipinski definition) is 2. The van der Waals surface area contributed by atoms with E-state index in [9.17, 15) is 21.6 Å². The predicted molar refractivity (Wildman–Crippen MR) is 90.6 cm³/mol. The topological polar surface area (TPSA) is 109 Å². The van der Waals surface area contributed by atoms with E-state index >= 15 is 0 Å². The van der Waals surface area contributed by atoms with Crippen molar-refractivity contribution >= 4 is 31.5 Å². The van der Waals surface area contributed by atoms with E-state index in [2.05, 4.69) is 10.0 Å². The Morgan fingerprint density at radius 1 is 1.04 bits per heavy atom. The van der Waals surface area contributed by atoms with Crippen LogP contribution in [0.5, 0.6) is 0 Å². The summed E-state index contributed by atoms with van der Waals surface area (Å²) in [5.41, 5.74) is 1.53. The number of amides is 1. The van der Waals surface area contributed by atoms with Gasteiger partial charge in [-0.2, -0.15) is 0 Å². The molecule has 130 valence electrons. The van der Waals surface area contributed by atoms with Crippen molar-refractivity contribution in [2.45, 2.75) is 19.3 Å². The third-order valence-corrected chi connectivity index (χ3v) is 4.47. The lowest BCUT2D eigenvalue weighted by molar-refractivity contribution is -0.120. The maximum atomic E-state index is 11.4. The lowest BCUT2D eigenvalue weighted by Gasteiger charge is -2.07. The Hall–Kier alpha value is -1.61. The largest absolute Gasteiger partial charge is 0.356 e. The summed E-state index contributed by atoms with van der Waals surface area (Å²) in [6.07, 6.45) is 3.61. The van der Waals surface area contributed by atoms with Crippen LogP contribution in [0.3, 0.4) is 0 Å². The van der Waals surface area contributed by atoms with Gasteiger partial charge < -0.3 is 5.32 Å². The van der Waals surface area contributed by atoms with Crippen LogP contribution in [-0.2, 0) is 31.1 Å². The second-order valence-electron chi connectivity index (χ2n) is 5.40. The van der Waals surface area contributed by atoms with Gasteiger partial charge in [0, 0.05) is 24.9 Å². The number of sulfonamides is 1. The van der Waals surface area contributed by atoms with E-state index in [1.807, 2.05) is 12.1 Å². The highest BCUT2D eigenvalue weighted by molar-refractivity contribution is 7.92. The molecule has 1 rings (SSSR count). The summed E-state index contributed by atoms with van der Waals surface area (Å²) in [6, 6.07) is 7.00. The predicted octanol–water partition coefficient (Wildman–Crippen LogP) is 0.542. The monoisotopic (exact) mass is 362 g/mol. The van der Waals surface area contributed by atoms with Crippen molar-refractivity contribution < 1.29 is 21.6 Å². The van der Waals surface area contributed by atoms with Gasteiger partial charge >= 0.3 is 0 Å². The van der Waals surface area contributed by atoms with Gasteiger partial charge in [-0.05, 0) is 30.5 Å². The van der Waals surface area contributed by atoms with Crippen LogP contribution in [0.2, 0.25) is 0 Å². The van der Waals surface area contributed by atoms with Crippen LogP contribution in [0.1, 0.15) is 18.4 Å². The Bertz CT molecular complexity index is 725. The van der Waals surface area contributed by atoms with E-state index in [4.69, 9.17) is 0 Å². The zero-order valence-electron chi connectivity index (χ0n) is 13.2. The number of anilines is 1. The molecule has 0 spiro atoms. The summed E-state index contributed by atoms with van der Waals surface area (Å²) in [5.74, 6) is -0.420. The lowest BCUT2D eigenvalue weighted by Crippen LogP contribution is -2.26. The van der Waals surface area contributed by atoms with Crippen LogP contribution >= 0.6 is 0 Å². The molecule has 0 aliphatic rings. The first-order chi connectivity index (χ1) is 10.6. The first-order valence-corrected chi connectivity index (χ1v) is 11.0. The summed E-state index contributed by atoms with van der Waals surface area (Å²) < 4.78 is 46.4. The van der Waals surface area contributed by atoms with Gasteiger partial charge in [-0.3, -0.25) is 9.52 Å². The molecular weight excluding hydrogens is 340 g/mol. The fraction of sp³-hybridized carbons (Fsp3) is 0.500. The third kappa shape index (κ3) is 9.90. The van der Waals surface area contributed by atoms with Crippen LogP contribution in [-0.4, -0.2) is 47.6 Å². The number of aryl methyl sites for hydroxylation is 1. The fourth-order valence-corrected chi connectivity index (χ4v) is 2.96. The zero-order chi connectivity index (χ0) is 17.5. The molecule has 23 heavy (non-hydrogen) atoms. The van der Waals surface area contributed by atoms with Gasteiger partial charge in [0.05, 0.1) is 12.0 Å². The summed E-state index contributed by atoms with van der Waals surface area (Å²) in [7, 11) is -6.40. The Balaban J connectivity index is 2.29. The van der Waals surface area contributed by atoms with Gasteiger partial charge in [0.15, 0.2) is 0 Å². The van der Waals surface area contributed by atoms with Crippen molar-refractivity contribution in [2.75, 3.05) is 29.5 Å². The van der Waals surface area contributed by atoms with E-state index in [0.717, 1.165) is 24.5 Å². The minimum atomic E-state index is -3.28. The van der Waals surface area contributed by atoms with Gasteiger partial charge in [-0.15, -0.1) is 0 Å². The fourth-order valence-electron chi connectivity index (χ4n) is 1.84. The Morgan fingerprint density at radius 2 is 1.65 bits per heavy atom. The van der Waals surface area contributed by atoms with Gasteiger partial charge in [0.2, 0.25) is 15.9 Å². The highest BCUT2D eigenvalue weighted by Crippen LogP contribution is 2.12. The Labute approximate surface area is 137 Å². The number of sulfone groups is 1. The van der Waals surface area contributed by atoms with Crippen LogP contribution in [0.15, 0.2) is 24.3 Å².